The lowest BCUT2D eigenvalue weighted by atomic mass is 9.95. The summed E-state index contributed by atoms with van der Waals surface area (Å²) in [5.74, 6) is 1.23. The third kappa shape index (κ3) is 4.26. The van der Waals surface area contributed by atoms with Crippen molar-refractivity contribution in [2.45, 2.75) is 12.8 Å². The van der Waals surface area contributed by atoms with Gasteiger partial charge in [0.15, 0.2) is 0 Å². The van der Waals surface area contributed by atoms with Gasteiger partial charge in [0, 0.05) is 29.2 Å². The van der Waals surface area contributed by atoms with Crippen LogP contribution in [-0.4, -0.2) is 24.0 Å². The molecule has 2 N–H and O–H groups in total. The van der Waals surface area contributed by atoms with E-state index < -0.39 is 0 Å². The number of hydrazine groups is 1. The molecule has 0 aromatic heterocycles. The highest BCUT2D eigenvalue weighted by Gasteiger charge is 2.29. The van der Waals surface area contributed by atoms with E-state index in [1.807, 2.05) is 70.7 Å². The Morgan fingerprint density at radius 2 is 1.78 bits per heavy atom. The number of nitrogens with zero attached hydrogens (tertiary/aromatic N) is 2. The predicted molar refractivity (Wildman–Crippen MR) is 109 cm³/mol. The Bertz CT molecular complexity index is 818. The quantitative estimate of drug-likeness (QED) is 0.755. The van der Waals surface area contributed by atoms with Crippen molar-refractivity contribution in [3.8, 4) is 0 Å². The number of hydrogen-bond donors (Lipinski definition) is 2. The molecule has 0 unspecified atom stereocenters. The van der Waals surface area contributed by atoms with Crippen molar-refractivity contribution < 1.29 is 9.63 Å². The second-order valence-electron chi connectivity index (χ2n) is 6.63. The summed E-state index contributed by atoms with van der Waals surface area (Å²) in [7, 11) is 0. The first-order valence-electron chi connectivity index (χ1n) is 8.99. The summed E-state index contributed by atoms with van der Waals surface area (Å²) in [5, 5.41) is 4.83. The van der Waals surface area contributed by atoms with Crippen LogP contribution in [0, 0.1) is 5.92 Å². The highest BCUT2D eigenvalue weighted by molar-refractivity contribution is 9.10. The molecule has 1 saturated heterocycles. The van der Waals surface area contributed by atoms with Gasteiger partial charge in [-0.15, -0.1) is 0 Å². The SMILES string of the molecule is O=C(Nc1ccc(Br)cc1)N1CCC(C2=CN(c3ccccc3)NO2)CC1. The average molecular weight is 429 g/mol. The Labute approximate surface area is 166 Å². The topological polar surface area (TPSA) is 56.8 Å². The molecule has 2 amide bonds. The van der Waals surface area contributed by atoms with E-state index >= 15 is 0 Å². The molecule has 2 aromatic rings. The lowest BCUT2D eigenvalue weighted by molar-refractivity contribution is 0.0901. The van der Waals surface area contributed by atoms with Gasteiger partial charge in [-0.3, -0.25) is 0 Å². The van der Waals surface area contributed by atoms with E-state index in [1.54, 1.807) is 0 Å². The molecule has 2 aliphatic heterocycles. The van der Waals surface area contributed by atoms with Crippen LogP contribution in [0.1, 0.15) is 12.8 Å². The fourth-order valence-electron chi connectivity index (χ4n) is 3.29. The molecule has 4 rings (SSSR count). The molecule has 1 fully saturated rings. The summed E-state index contributed by atoms with van der Waals surface area (Å²) in [6.07, 6.45) is 3.76. The number of para-hydroxylation sites is 1. The standard InChI is InChI=1S/C20H21BrN4O2/c21-16-6-8-17(9-7-16)22-20(26)24-12-10-15(11-13-24)19-14-25(23-27-19)18-4-2-1-3-5-18/h1-9,14-15,23H,10-13H2,(H,22,26). The number of carbonyl (C=O) groups excluding carboxylic acids is 1. The van der Waals surface area contributed by atoms with Gasteiger partial charge in [0.2, 0.25) is 0 Å². The van der Waals surface area contributed by atoms with E-state index in [9.17, 15) is 4.79 Å². The van der Waals surface area contributed by atoms with Gasteiger partial charge in [0.25, 0.3) is 0 Å². The molecule has 7 heteroatoms. The second-order valence-corrected chi connectivity index (χ2v) is 7.54. The Hall–Kier alpha value is -2.51. The minimum atomic E-state index is -0.0545. The van der Waals surface area contributed by atoms with Crippen molar-refractivity contribution in [3.63, 3.8) is 0 Å². The Balaban J connectivity index is 1.31. The highest BCUT2D eigenvalue weighted by atomic mass is 79.9. The average Bonchev–Trinajstić information content (AvgIpc) is 3.21. The third-order valence-corrected chi connectivity index (χ3v) is 5.36. The zero-order chi connectivity index (χ0) is 18.6. The molecular formula is C20H21BrN4O2. The van der Waals surface area contributed by atoms with Crippen LogP contribution < -0.4 is 15.9 Å². The van der Waals surface area contributed by atoms with E-state index in [1.165, 1.54) is 0 Å². The van der Waals surface area contributed by atoms with Gasteiger partial charge < -0.3 is 15.1 Å². The van der Waals surface area contributed by atoms with Crippen molar-refractivity contribution in [1.29, 1.82) is 0 Å². The smallest absolute Gasteiger partial charge is 0.321 e. The van der Waals surface area contributed by atoms with E-state index in [-0.39, 0.29) is 6.03 Å². The number of hydrogen-bond acceptors (Lipinski definition) is 4. The van der Waals surface area contributed by atoms with E-state index in [0.29, 0.717) is 19.0 Å². The van der Waals surface area contributed by atoms with Crippen LogP contribution in [0.25, 0.3) is 0 Å². The summed E-state index contributed by atoms with van der Waals surface area (Å²) in [6.45, 7) is 1.41. The molecule has 2 aromatic carbocycles. The van der Waals surface area contributed by atoms with Crippen LogP contribution in [0.2, 0.25) is 0 Å². The molecule has 2 heterocycles. The fourth-order valence-corrected chi connectivity index (χ4v) is 3.55. The summed E-state index contributed by atoms with van der Waals surface area (Å²) < 4.78 is 0.990. The van der Waals surface area contributed by atoms with Crippen molar-refractivity contribution in [2.75, 3.05) is 23.4 Å². The maximum absolute atomic E-state index is 12.5. The first kappa shape index (κ1) is 17.9. The molecule has 0 aliphatic carbocycles. The zero-order valence-electron chi connectivity index (χ0n) is 14.8. The lowest BCUT2D eigenvalue weighted by Crippen LogP contribution is -2.41. The van der Waals surface area contributed by atoms with Crippen molar-refractivity contribution in [1.82, 2.24) is 10.5 Å². The number of nitrogens with one attached hydrogen (secondary N) is 2. The van der Waals surface area contributed by atoms with E-state index in [4.69, 9.17) is 4.84 Å². The van der Waals surface area contributed by atoms with Gasteiger partial charge in [0.05, 0.1) is 11.9 Å². The number of piperidine rings is 1. The molecule has 2 aliphatic rings. The van der Waals surface area contributed by atoms with Gasteiger partial charge >= 0.3 is 6.03 Å². The zero-order valence-corrected chi connectivity index (χ0v) is 16.4. The van der Waals surface area contributed by atoms with Crippen LogP contribution in [-0.2, 0) is 4.84 Å². The summed E-state index contributed by atoms with van der Waals surface area (Å²) >= 11 is 3.40. The maximum Gasteiger partial charge on any atom is 0.321 e. The number of halogens is 1. The molecule has 6 nitrogen and oxygen atoms in total. The summed E-state index contributed by atoms with van der Waals surface area (Å²) in [5.41, 5.74) is 4.76. The number of urea groups is 1. The number of allylic oxidation sites excluding steroid dienone is 1. The number of rotatable bonds is 3. The molecule has 0 atom stereocenters. The molecule has 0 bridgehead atoms. The first-order chi connectivity index (χ1) is 13.2. The number of anilines is 2. The molecule has 27 heavy (non-hydrogen) atoms. The summed E-state index contributed by atoms with van der Waals surface area (Å²) in [4.78, 5) is 20.0. The van der Waals surface area contributed by atoms with Crippen LogP contribution in [0.3, 0.4) is 0 Å². The highest BCUT2D eigenvalue weighted by Crippen LogP contribution is 2.29. The van der Waals surface area contributed by atoms with Gasteiger partial charge in [-0.25, -0.2) is 9.80 Å². The van der Waals surface area contributed by atoms with Crippen molar-refractivity contribution >= 4 is 33.3 Å². The Morgan fingerprint density at radius 3 is 2.48 bits per heavy atom. The molecule has 0 spiro atoms. The van der Waals surface area contributed by atoms with Crippen LogP contribution in [0.5, 0.6) is 0 Å². The normalized spacial score (nSPS) is 17.4. The lowest BCUT2D eigenvalue weighted by Gasteiger charge is -2.31. The number of benzene rings is 2. The van der Waals surface area contributed by atoms with Crippen LogP contribution in [0.15, 0.2) is 71.0 Å². The minimum Gasteiger partial charge on any atom is -0.391 e. The first-order valence-corrected chi connectivity index (χ1v) is 9.78. The molecule has 0 radical (unpaired) electrons. The third-order valence-electron chi connectivity index (χ3n) is 4.83. The largest absolute Gasteiger partial charge is 0.391 e. The Kier molecular flexibility index (Phi) is 5.31. The van der Waals surface area contributed by atoms with E-state index in [0.717, 1.165) is 34.4 Å². The molecule has 0 saturated carbocycles. The second kappa shape index (κ2) is 8.02. The number of amides is 2. The number of carbonyl (C=O) groups is 1. The van der Waals surface area contributed by atoms with Gasteiger partial charge in [-0.05, 0) is 49.2 Å². The molecule has 140 valence electrons. The summed E-state index contributed by atoms with van der Waals surface area (Å²) in [6, 6.07) is 17.5. The Morgan fingerprint density at radius 1 is 1.07 bits per heavy atom. The number of likely N-dealkylation sites (tertiary alicyclic amines) is 1. The minimum absolute atomic E-state index is 0.0545. The maximum atomic E-state index is 12.5. The predicted octanol–water partition coefficient (Wildman–Crippen LogP) is 4.49. The van der Waals surface area contributed by atoms with Gasteiger partial charge in [0.1, 0.15) is 5.76 Å². The van der Waals surface area contributed by atoms with Crippen LogP contribution in [0.4, 0.5) is 16.2 Å². The molecular weight excluding hydrogens is 408 g/mol. The van der Waals surface area contributed by atoms with Crippen LogP contribution >= 0.6 is 15.9 Å². The van der Waals surface area contributed by atoms with Crippen molar-refractivity contribution in [3.05, 3.63) is 71.0 Å². The van der Waals surface area contributed by atoms with Gasteiger partial charge in [-0.2, -0.15) is 0 Å². The van der Waals surface area contributed by atoms with E-state index in [2.05, 4.69) is 26.8 Å². The fraction of sp³-hybridized carbons (Fsp3) is 0.250. The monoisotopic (exact) mass is 428 g/mol. The van der Waals surface area contributed by atoms with Gasteiger partial charge in [-0.1, -0.05) is 39.7 Å². The van der Waals surface area contributed by atoms with Crippen molar-refractivity contribution in [2.24, 2.45) is 5.92 Å².